The molecule has 0 saturated heterocycles. The van der Waals surface area contributed by atoms with Crippen molar-refractivity contribution in [2.45, 2.75) is 52.0 Å². The summed E-state index contributed by atoms with van der Waals surface area (Å²) in [5, 5.41) is 15.3. The van der Waals surface area contributed by atoms with Gasteiger partial charge in [-0.15, -0.1) is 0 Å². The molecular weight excluding hydrogens is 328 g/mol. The van der Waals surface area contributed by atoms with Gasteiger partial charge in [-0.1, -0.05) is 12.8 Å². The number of aromatic nitrogens is 4. The van der Waals surface area contributed by atoms with Gasteiger partial charge in [-0.3, -0.25) is 4.98 Å². The number of carbonyl (C=O) groups is 1. The number of aromatic carboxylic acids is 1. The lowest BCUT2D eigenvalue weighted by atomic mass is 9.91. The third-order valence-corrected chi connectivity index (χ3v) is 5.23. The standard InChI is InChI=1S/C20H22N4O2/c1-3-24-19-15(11-22-24)16(14-8-12(2)9-21-10-14)17(20(25)26)18(23-19)13-6-4-5-7-13/h8-11,13H,3-7H2,1-2H3,(H,25,26). The van der Waals surface area contributed by atoms with Crippen molar-refractivity contribution in [3.63, 3.8) is 0 Å². The van der Waals surface area contributed by atoms with Gasteiger partial charge in [-0.05, 0) is 38.3 Å². The Labute approximate surface area is 151 Å². The molecule has 1 fully saturated rings. The van der Waals surface area contributed by atoms with Gasteiger partial charge in [0.2, 0.25) is 0 Å². The minimum absolute atomic E-state index is 0.197. The third-order valence-electron chi connectivity index (χ3n) is 5.23. The third kappa shape index (κ3) is 2.66. The first-order valence-corrected chi connectivity index (χ1v) is 9.15. The predicted octanol–water partition coefficient (Wildman–Crippen LogP) is 4.18. The molecule has 0 aromatic carbocycles. The Balaban J connectivity index is 2.10. The van der Waals surface area contributed by atoms with Crippen LogP contribution in [0.15, 0.2) is 24.7 Å². The lowest BCUT2D eigenvalue weighted by Gasteiger charge is -2.17. The van der Waals surface area contributed by atoms with Crippen LogP contribution < -0.4 is 0 Å². The summed E-state index contributed by atoms with van der Waals surface area (Å²) in [6.07, 6.45) is 9.46. The summed E-state index contributed by atoms with van der Waals surface area (Å²) in [4.78, 5) is 21.4. The van der Waals surface area contributed by atoms with Crippen molar-refractivity contribution in [3.8, 4) is 11.1 Å². The Morgan fingerprint density at radius 2 is 2.04 bits per heavy atom. The zero-order valence-corrected chi connectivity index (χ0v) is 15.1. The molecule has 134 valence electrons. The lowest BCUT2D eigenvalue weighted by Crippen LogP contribution is -2.12. The number of rotatable bonds is 4. The van der Waals surface area contributed by atoms with Crippen molar-refractivity contribution in [1.82, 2.24) is 19.7 Å². The van der Waals surface area contributed by atoms with Crippen LogP contribution in [-0.2, 0) is 6.54 Å². The highest BCUT2D eigenvalue weighted by molar-refractivity contribution is 6.06. The molecule has 4 rings (SSSR count). The molecule has 3 heterocycles. The number of carboxylic acid groups (broad SMARTS) is 1. The topological polar surface area (TPSA) is 80.9 Å². The Kier molecular flexibility index (Phi) is 4.18. The summed E-state index contributed by atoms with van der Waals surface area (Å²) in [7, 11) is 0. The van der Waals surface area contributed by atoms with E-state index in [1.54, 1.807) is 18.6 Å². The zero-order chi connectivity index (χ0) is 18.3. The summed E-state index contributed by atoms with van der Waals surface area (Å²) in [5.74, 6) is -0.732. The molecule has 3 aromatic heterocycles. The predicted molar refractivity (Wildman–Crippen MR) is 99.3 cm³/mol. The smallest absolute Gasteiger partial charge is 0.338 e. The van der Waals surface area contributed by atoms with Crippen molar-refractivity contribution in [2.75, 3.05) is 0 Å². The summed E-state index contributed by atoms with van der Waals surface area (Å²) in [5.41, 5.74) is 4.27. The maximum atomic E-state index is 12.3. The van der Waals surface area contributed by atoms with Crippen molar-refractivity contribution >= 4 is 17.0 Å². The molecule has 1 aliphatic carbocycles. The lowest BCUT2D eigenvalue weighted by molar-refractivity contribution is 0.0695. The van der Waals surface area contributed by atoms with E-state index in [-0.39, 0.29) is 5.92 Å². The maximum Gasteiger partial charge on any atom is 0.338 e. The van der Waals surface area contributed by atoms with Crippen LogP contribution in [-0.4, -0.2) is 30.8 Å². The molecule has 0 atom stereocenters. The van der Waals surface area contributed by atoms with Gasteiger partial charge in [0.25, 0.3) is 0 Å². The monoisotopic (exact) mass is 350 g/mol. The van der Waals surface area contributed by atoms with Crippen molar-refractivity contribution in [2.24, 2.45) is 0 Å². The van der Waals surface area contributed by atoms with E-state index in [0.29, 0.717) is 23.4 Å². The van der Waals surface area contributed by atoms with Crippen LogP contribution >= 0.6 is 0 Å². The van der Waals surface area contributed by atoms with Gasteiger partial charge in [-0.25, -0.2) is 14.5 Å². The molecule has 1 N–H and O–H groups in total. The fraction of sp³-hybridized carbons (Fsp3) is 0.400. The first kappa shape index (κ1) is 16.7. The maximum absolute atomic E-state index is 12.3. The number of nitrogens with zero attached hydrogens (tertiary/aromatic N) is 4. The normalized spacial score (nSPS) is 15.0. The largest absolute Gasteiger partial charge is 0.478 e. The van der Waals surface area contributed by atoms with E-state index in [1.807, 2.05) is 24.6 Å². The molecule has 0 aliphatic heterocycles. The van der Waals surface area contributed by atoms with Crippen LogP contribution in [0.25, 0.3) is 22.2 Å². The van der Waals surface area contributed by atoms with Gasteiger partial charge in [0.15, 0.2) is 5.65 Å². The molecule has 0 radical (unpaired) electrons. The molecule has 0 spiro atoms. The zero-order valence-electron chi connectivity index (χ0n) is 15.1. The highest BCUT2D eigenvalue weighted by Gasteiger charge is 2.30. The summed E-state index contributed by atoms with van der Waals surface area (Å²) < 4.78 is 1.84. The van der Waals surface area contributed by atoms with Gasteiger partial charge in [-0.2, -0.15) is 5.10 Å². The Morgan fingerprint density at radius 1 is 1.27 bits per heavy atom. The second-order valence-electron chi connectivity index (χ2n) is 6.98. The number of hydrogen-bond donors (Lipinski definition) is 1. The summed E-state index contributed by atoms with van der Waals surface area (Å²) >= 11 is 0. The second-order valence-corrected chi connectivity index (χ2v) is 6.98. The van der Waals surface area contributed by atoms with Crippen LogP contribution in [0.1, 0.15) is 60.1 Å². The molecule has 0 amide bonds. The van der Waals surface area contributed by atoms with Crippen molar-refractivity contribution < 1.29 is 9.90 Å². The fourth-order valence-corrected chi connectivity index (χ4v) is 4.04. The van der Waals surface area contributed by atoms with Gasteiger partial charge < -0.3 is 5.11 Å². The molecule has 6 heteroatoms. The highest BCUT2D eigenvalue weighted by Crippen LogP contribution is 2.40. The van der Waals surface area contributed by atoms with Gasteiger partial charge in [0.1, 0.15) is 0 Å². The van der Waals surface area contributed by atoms with Gasteiger partial charge >= 0.3 is 5.97 Å². The van der Waals surface area contributed by atoms with E-state index in [2.05, 4.69) is 10.1 Å². The average molecular weight is 350 g/mol. The number of carboxylic acids is 1. The second kappa shape index (κ2) is 6.52. The van der Waals surface area contributed by atoms with Gasteiger partial charge in [0.05, 0.1) is 17.5 Å². The summed E-state index contributed by atoms with van der Waals surface area (Å²) in [6.45, 7) is 4.67. The molecule has 1 saturated carbocycles. The van der Waals surface area contributed by atoms with Crippen LogP contribution in [0.5, 0.6) is 0 Å². The molecule has 0 unspecified atom stereocenters. The minimum atomic E-state index is -0.929. The number of fused-ring (bicyclic) bond motifs is 1. The van der Waals surface area contributed by atoms with Crippen LogP contribution in [0.2, 0.25) is 0 Å². The highest BCUT2D eigenvalue weighted by atomic mass is 16.4. The molecule has 1 aliphatic rings. The number of hydrogen-bond acceptors (Lipinski definition) is 4. The molecule has 0 bridgehead atoms. The molecule has 6 nitrogen and oxygen atoms in total. The van der Waals surface area contributed by atoms with E-state index >= 15 is 0 Å². The first-order chi connectivity index (χ1) is 12.6. The number of pyridine rings is 2. The van der Waals surface area contributed by atoms with E-state index in [4.69, 9.17) is 4.98 Å². The average Bonchev–Trinajstić information content (AvgIpc) is 3.29. The molecule has 26 heavy (non-hydrogen) atoms. The van der Waals surface area contributed by atoms with Crippen molar-refractivity contribution in [3.05, 3.63) is 41.5 Å². The van der Waals surface area contributed by atoms with Crippen molar-refractivity contribution in [1.29, 1.82) is 0 Å². The van der Waals surface area contributed by atoms with E-state index in [1.165, 1.54) is 0 Å². The van der Waals surface area contributed by atoms with E-state index in [9.17, 15) is 9.90 Å². The Bertz CT molecular complexity index is 987. The van der Waals surface area contributed by atoms with E-state index in [0.717, 1.165) is 47.8 Å². The first-order valence-electron chi connectivity index (χ1n) is 9.15. The quantitative estimate of drug-likeness (QED) is 0.763. The Morgan fingerprint density at radius 3 is 2.69 bits per heavy atom. The van der Waals surface area contributed by atoms with Gasteiger partial charge in [0, 0.05) is 41.4 Å². The van der Waals surface area contributed by atoms with Crippen LogP contribution in [0.3, 0.4) is 0 Å². The fourth-order valence-electron chi connectivity index (χ4n) is 4.04. The van der Waals surface area contributed by atoms with E-state index < -0.39 is 5.97 Å². The van der Waals surface area contributed by atoms with Crippen LogP contribution in [0, 0.1) is 6.92 Å². The summed E-state index contributed by atoms with van der Waals surface area (Å²) in [6, 6.07) is 1.98. The number of aryl methyl sites for hydroxylation is 2. The minimum Gasteiger partial charge on any atom is -0.478 e. The molecule has 3 aromatic rings. The van der Waals surface area contributed by atoms with Crippen LogP contribution in [0.4, 0.5) is 0 Å². The Hall–Kier alpha value is -2.76. The SMILES string of the molecule is CCn1ncc2c(-c3cncc(C)c3)c(C(=O)O)c(C3CCCC3)nc21. The molecular formula is C20H22N4O2.